The summed E-state index contributed by atoms with van der Waals surface area (Å²) < 4.78 is 32.0. The van der Waals surface area contributed by atoms with Gasteiger partial charge in [-0.05, 0) is 36.8 Å². The first-order valence-corrected chi connectivity index (χ1v) is 10.5. The number of hydrogen-bond acceptors (Lipinski definition) is 6. The Labute approximate surface area is 168 Å². The third-order valence-electron chi connectivity index (χ3n) is 4.49. The summed E-state index contributed by atoms with van der Waals surface area (Å²) in [7, 11) is -3.82. The van der Waals surface area contributed by atoms with Crippen LogP contribution in [0.4, 0.5) is 11.4 Å². The van der Waals surface area contributed by atoms with E-state index in [1.807, 2.05) is 13.0 Å². The molecule has 1 unspecified atom stereocenters. The maximum Gasteiger partial charge on any atom is 0.293 e. The molecule has 0 saturated carbocycles. The number of anilines is 1. The fourth-order valence-corrected chi connectivity index (χ4v) is 4.60. The summed E-state index contributed by atoms with van der Waals surface area (Å²) in [5, 5.41) is 15.2. The molecule has 0 aromatic heterocycles. The number of ether oxygens (including phenoxy) is 1. The van der Waals surface area contributed by atoms with Crippen LogP contribution in [-0.4, -0.2) is 43.9 Å². The molecule has 3 rings (SSSR count). The summed E-state index contributed by atoms with van der Waals surface area (Å²) in [6, 6.07) is 10.8. The first kappa shape index (κ1) is 20.5. The summed E-state index contributed by atoms with van der Waals surface area (Å²) in [6.07, 6.45) is 0. The minimum Gasteiger partial charge on any atom is -0.379 e. The van der Waals surface area contributed by atoms with Gasteiger partial charge in [-0.2, -0.15) is 4.31 Å². The van der Waals surface area contributed by atoms with Crippen molar-refractivity contribution in [2.24, 2.45) is 0 Å². The van der Waals surface area contributed by atoms with Gasteiger partial charge in [-0.3, -0.25) is 10.1 Å². The SMILES string of the molecule is CC(Nc1ccc(S(=O)(=O)N2CCOCC2)cc1[N+](=O)[O-])c1cccc(Cl)c1. The van der Waals surface area contributed by atoms with Crippen molar-refractivity contribution in [2.45, 2.75) is 17.9 Å². The second-order valence-electron chi connectivity index (χ2n) is 6.37. The van der Waals surface area contributed by atoms with E-state index >= 15 is 0 Å². The lowest BCUT2D eigenvalue weighted by atomic mass is 10.1. The zero-order valence-corrected chi connectivity index (χ0v) is 16.7. The highest BCUT2D eigenvalue weighted by Crippen LogP contribution is 2.32. The van der Waals surface area contributed by atoms with Gasteiger partial charge in [0, 0.05) is 30.2 Å². The number of morpholine rings is 1. The Hall–Kier alpha value is -2.20. The largest absolute Gasteiger partial charge is 0.379 e. The van der Waals surface area contributed by atoms with Gasteiger partial charge >= 0.3 is 0 Å². The van der Waals surface area contributed by atoms with Crippen LogP contribution < -0.4 is 5.32 Å². The molecule has 0 spiro atoms. The minimum atomic E-state index is -3.82. The lowest BCUT2D eigenvalue weighted by molar-refractivity contribution is -0.384. The maximum absolute atomic E-state index is 12.8. The molecule has 1 aliphatic heterocycles. The number of hydrogen-bond donors (Lipinski definition) is 1. The van der Waals surface area contributed by atoms with Gasteiger partial charge in [-0.1, -0.05) is 23.7 Å². The number of sulfonamides is 1. The Morgan fingerprint density at radius 1 is 1.21 bits per heavy atom. The highest BCUT2D eigenvalue weighted by molar-refractivity contribution is 7.89. The monoisotopic (exact) mass is 425 g/mol. The Balaban J connectivity index is 1.90. The van der Waals surface area contributed by atoms with E-state index in [1.54, 1.807) is 18.2 Å². The summed E-state index contributed by atoms with van der Waals surface area (Å²) >= 11 is 6.00. The molecular weight excluding hydrogens is 406 g/mol. The predicted octanol–water partition coefficient (Wildman–Crippen LogP) is 3.44. The van der Waals surface area contributed by atoms with E-state index in [0.29, 0.717) is 18.2 Å². The highest BCUT2D eigenvalue weighted by atomic mass is 35.5. The minimum absolute atomic E-state index is 0.109. The van der Waals surface area contributed by atoms with Crippen molar-refractivity contribution in [2.75, 3.05) is 31.6 Å². The average molecular weight is 426 g/mol. The lowest BCUT2D eigenvalue weighted by Crippen LogP contribution is -2.40. The number of halogens is 1. The van der Waals surface area contributed by atoms with Gasteiger partial charge in [0.05, 0.1) is 23.0 Å². The first-order valence-electron chi connectivity index (χ1n) is 8.67. The molecule has 1 heterocycles. The summed E-state index contributed by atoms with van der Waals surface area (Å²) in [5.41, 5.74) is 0.786. The molecule has 1 atom stereocenters. The number of nitro benzene ring substituents is 1. The zero-order valence-electron chi connectivity index (χ0n) is 15.2. The molecule has 150 valence electrons. The molecule has 0 aliphatic carbocycles. The van der Waals surface area contributed by atoms with Crippen LogP contribution >= 0.6 is 11.6 Å². The van der Waals surface area contributed by atoms with Crippen molar-refractivity contribution in [1.82, 2.24) is 4.31 Å². The van der Waals surface area contributed by atoms with Gasteiger partial charge in [-0.15, -0.1) is 0 Å². The van der Waals surface area contributed by atoms with E-state index < -0.39 is 14.9 Å². The molecule has 1 N–H and O–H groups in total. The Bertz CT molecular complexity index is 977. The van der Waals surface area contributed by atoms with E-state index in [-0.39, 0.29) is 35.4 Å². The fourth-order valence-electron chi connectivity index (χ4n) is 2.97. The van der Waals surface area contributed by atoms with E-state index in [9.17, 15) is 18.5 Å². The molecule has 28 heavy (non-hydrogen) atoms. The van der Waals surface area contributed by atoms with Crippen molar-refractivity contribution >= 4 is 33.0 Å². The Morgan fingerprint density at radius 2 is 1.93 bits per heavy atom. The molecule has 1 fully saturated rings. The normalized spacial score (nSPS) is 16.5. The predicted molar refractivity (Wildman–Crippen MR) is 106 cm³/mol. The van der Waals surface area contributed by atoms with Crippen molar-refractivity contribution in [1.29, 1.82) is 0 Å². The quantitative estimate of drug-likeness (QED) is 0.561. The van der Waals surface area contributed by atoms with Gasteiger partial charge in [0.1, 0.15) is 5.69 Å². The van der Waals surface area contributed by atoms with Crippen LogP contribution in [-0.2, 0) is 14.8 Å². The van der Waals surface area contributed by atoms with E-state index in [2.05, 4.69) is 5.32 Å². The van der Waals surface area contributed by atoms with Crippen LogP contribution in [0, 0.1) is 10.1 Å². The molecule has 8 nitrogen and oxygen atoms in total. The van der Waals surface area contributed by atoms with E-state index in [0.717, 1.165) is 11.6 Å². The van der Waals surface area contributed by atoms with Crippen LogP contribution in [0.2, 0.25) is 5.02 Å². The average Bonchev–Trinajstić information content (AvgIpc) is 2.68. The van der Waals surface area contributed by atoms with Gasteiger partial charge in [0.25, 0.3) is 5.69 Å². The van der Waals surface area contributed by atoms with Crippen LogP contribution in [0.3, 0.4) is 0 Å². The van der Waals surface area contributed by atoms with Crippen LogP contribution in [0.25, 0.3) is 0 Å². The number of nitro groups is 1. The van der Waals surface area contributed by atoms with Crippen LogP contribution in [0.1, 0.15) is 18.5 Å². The van der Waals surface area contributed by atoms with Crippen molar-refractivity contribution < 1.29 is 18.1 Å². The third-order valence-corrected chi connectivity index (χ3v) is 6.62. The van der Waals surface area contributed by atoms with Crippen LogP contribution in [0.5, 0.6) is 0 Å². The lowest BCUT2D eigenvalue weighted by Gasteiger charge is -2.26. The molecule has 1 saturated heterocycles. The first-order chi connectivity index (χ1) is 13.3. The molecular formula is C18H20ClN3O5S. The summed E-state index contributed by atoms with van der Waals surface area (Å²) in [4.78, 5) is 10.9. The third kappa shape index (κ3) is 4.44. The molecule has 0 bridgehead atoms. The number of nitrogens with zero attached hydrogens (tertiary/aromatic N) is 2. The standard InChI is InChI=1S/C18H20ClN3O5S/c1-13(14-3-2-4-15(19)11-14)20-17-6-5-16(12-18(17)22(23)24)28(25,26)21-7-9-27-10-8-21/h2-6,11-13,20H,7-10H2,1H3. The Morgan fingerprint density at radius 3 is 2.57 bits per heavy atom. The number of benzene rings is 2. The van der Waals surface area contributed by atoms with Gasteiger partial charge < -0.3 is 10.1 Å². The Kier molecular flexibility index (Phi) is 6.19. The van der Waals surface area contributed by atoms with Gasteiger partial charge in [-0.25, -0.2) is 8.42 Å². The summed E-state index contributed by atoms with van der Waals surface area (Å²) in [5.74, 6) is 0. The van der Waals surface area contributed by atoms with Crippen molar-refractivity contribution in [3.05, 3.63) is 63.2 Å². The second kappa shape index (κ2) is 8.44. The summed E-state index contributed by atoms with van der Waals surface area (Å²) in [6.45, 7) is 2.90. The molecule has 0 radical (unpaired) electrons. The topological polar surface area (TPSA) is 102 Å². The maximum atomic E-state index is 12.8. The van der Waals surface area contributed by atoms with Gasteiger partial charge in [0.2, 0.25) is 10.0 Å². The van der Waals surface area contributed by atoms with E-state index in [4.69, 9.17) is 16.3 Å². The zero-order chi connectivity index (χ0) is 20.3. The smallest absolute Gasteiger partial charge is 0.293 e. The number of rotatable bonds is 6. The van der Waals surface area contributed by atoms with E-state index in [1.165, 1.54) is 16.4 Å². The molecule has 2 aromatic rings. The van der Waals surface area contributed by atoms with Crippen molar-refractivity contribution in [3.8, 4) is 0 Å². The second-order valence-corrected chi connectivity index (χ2v) is 8.75. The highest BCUT2D eigenvalue weighted by Gasteiger charge is 2.29. The van der Waals surface area contributed by atoms with Crippen molar-refractivity contribution in [3.63, 3.8) is 0 Å². The van der Waals surface area contributed by atoms with Crippen LogP contribution in [0.15, 0.2) is 47.4 Å². The molecule has 10 heteroatoms. The molecule has 1 aliphatic rings. The molecule has 0 amide bonds. The fraction of sp³-hybridized carbons (Fsp3) is 0.333. The number of nitrogens with one attached hydrogen (secondary N) is 1. The molecule has 2 aromatic carbocycles. The van der Waals surface area contributed by atoms with Gasteiger partial charge in [0.15, 0.2) is 0 Å².